The minimum absolute atomic E-state index is 0.0171. The molecule has 1 aliphatic rings. The van der Waals surface area contributed by atoms with Gasteiger partial charge in [0.1, 0.15) is 11.9 Å². The molecule has 4 nitrogen and oxygen atoms in total. The fourth-order valence-electron chi connectivity index (χ4n) is 4.44. The van der Waals surface area contributed by atoms with Crippen molar-refractivity contribution in [1.29, 1.82) is 0 Å². The molecular weight excluding hydrogens is 432 g/mol. The van der Waals surface area contributed by atoms with Crippen molar-refractivity contribution in [2.75, 3.05) is 19.6 Å². The molecule has 1 saturated heterocycles. The summed E-state index contributed by atoms with van der Waals surface area (Å²) < 4.78 is 6.36. The molecule has 1 aliphatic heterocycles. The lowest BCUT2D eigenvalue weighted by atomic mass is 9.92. The molecule has 3 aromatic rings. The third kappa shape index (κ3) is 7.69. The summed E-state index contributed by atoms with van der Waals surface area (Å²) in [5, 5.41) is 3.02. The molecule has 0 spiro atoms. The average molecular weight is 471 g/mol. The number of likely N-dealkylation sites (tertiary alicyclic amines) is 1. The maximum absolute atomic E-state index is 12.4. The second kappa shape index (κ2) is 11.5. The largest absolute Gasteiger partial charge is 0.490 e. The third-order valence-electron chi connectivity index (χ3n) is 6.56. The Morgan fingerprint density at radius 1 is 0.914 bits per heavy atom. The highest BCUT2D eigenvalue weighted by Gasteiger charge is 2.20. The second-order valence-corrected chi connectivity index (χ2v) is 10.8. The van der Waals surface area contributed by atoms with Gasteiger partial charge in [-0.1, -0.05) is 75.4 Å². The quantitative estimate of drug-likeness (QED) is 0.405. The van der Waals surface area contributed by atoms with Crippen LogP contribution in [0.4, 0.5) is 0 Å². The molecule has 0 atom stereocenters. The predicted octanol–water partition coefficient (Wildman–Crippen LogP) is 6.56. The highest BCUT2D eigenvalue weighted by atomic mass is 16.5. The van der Waals surface area contributed by atoms with E-state index in [0.717, 1.165) is 55.8 Å². The van der Waals surface area contributed by atoms with Crippen LogP contribution in [-0.2, 0) is 6.54 Å². The Kier molecular flexibility index (Phi) is 8.25. The van der Waals surface area contributed by atoms with Gasteiger partial charge in [-0.2, -0.15) is 0 Å². The molecule has 1 heterocycles. The maximum atomic E-state index is 12.4. The fraction of sp³-hybridized carbons (Fsp3) is 0.387. The molecule has 0 aliphatic carbocycles. The van der Waals surface area contributed by atoms with Crippen LogP contribution in [0.3, 0.4) is 0 Å². The molecule has 3 aromatic carbocycles. The van der Waals surface area contributed by atoms with E-state index in [-0.39, 0.29) is 17.4 Å². The van der Waals surface area contributed by atoms with Crippen molar-refractivity contribution >= 4 is 5.91 Å². The number of nitrogens with zero attached hydrogens (tertiary/aromatic N) is 1. The maximum Gasteiger partial charge on any atom is 0.251 e. The Bertz CT molecular complexity index is 1080. The molecule has 1 N–H and O–H groups in total. The number of hydrogen-bond donors (Lipinski definition) is 1. The zero-order valence-electron chi connectivity index (χ0n) is 21.3. The summed E-state index contributed by atoms with van der Waals surface area (Å²) in [7, 11) is 0. The van der Waals surface area contributed by atoms with Crippen LogP contribution in [0, 0.1) is 5.41 Å². The van der Waals surface area contributed by atoms with Crippen LogP contribution in [0.15, 0.2) is 78.9 Å². The Morgan fingerprint density at radius 2 is 1.63 bits per heavy atom. The van der Waals surface area contributed by atoms with Crippen LogP contribution in [0.5, 0.6) is 5.75 Å². The molecule has 1 amide bonds. The van der Waals surface area contributed by atoms with E-state index in [9.17, 15) is 4.79 Å². The van der Waals surface area contributed by atoms with Gasteiger partial charge in [-0.25, -0.2) is 0 Å². The number of ether oxygens (including phenoxy) is 1. The normalized spacial score (nSPS) is 15.1. The van der Waals surface area contributed by atoms with Crippen molar-refractivity contribution in [3.63, 3.8) is 0 Å². The van der Waals surface area contributed by atoms with Crippen LogP contribution in [0.2, 0.25) is 0 Å². The van der Waals surface area contributed by atoms with E-state index >= 15 is 0 Å². The smallest absolute Gasteiger partial charge is 0.251 e. The highest BCUT2D eigenvalue weighted by molar-refractivity contribution is 5.94. The van der Waals surface area contributed by atoms with Crippen molar-refractivity contribution in [3.05, 3.63) is 90.0 Å². The van der Waals surface area contributed by atoms with Gasteiger partial charge in [0, 0.05) is 31.7 Å². The standard InChI is InChI=1S/C31H38N2O2/c1-31(2,3)18-19-32-30(34)26-14-12-25(13-15-26)27-10-7-11-29(22-27)35-28-16-20-33(21-17-28)23-24-8-5-4-6-9-24/h4-15,22,28H,16-21,23H2,1-3H3,(H,32,34). The Balaban J connectivity index is 1.29. The van der Waals surface area contributed by atoms with Gasteiger partial charge in [0.25, 0.3) is 5.91 Å². The summed E-state index contributed by atoms with van der Waals surface area (Å²) in [6.45, 7) is 10.3. The molecular formula is C31H38N2O2. The lowest BCUT2D eigenvalue weighted by Crippen LogP contribution is -2.37. The van der Waals surface area contributed by atoms with Crippen molar-refractivity contribution in [2.24, 2.45) is 5.41 Å². The SMILES string of the molecule is CC(C)(C)CCNC(=O)c1ccc(-c2cccc(OC3CCN(Cc4ccccc4)CC3)c2)cc1. The summed E-state index contributed by atoms with van der Waals surface area (Å²) in [4.78, 5) is 15.0. The van der Waals surface area contributed by atoms with E-state index in [1.54, 1.807) is 0 Å². The zero-order valence-corrected chi connectivity index (χ0v) is 21.3. The summed E-state index contributed by atoms with van der Waals surface area (Å²) >= 11 is 0. The van der Waals surface area contributed by atoms with E-state index in [1.807, 2.05) is 36.4 Å². The van der Waals surface area contributed by atoms with Crippen LogP contribution >= 0.6 is 0 Å². The van der Waals surface area contributed by atoms with Gasteiger partial charge in [0.05, 0.1) is 0 Å². The van der Waals surface area contributed by atoms with E-state index in [2.05, 4.69) is 73.5 Å². The van der Waals surface area contributed by atoms with Crippen molar-refractivity contribution in [1.82, 2.24) is 10.2 Å². The van der Waals surface area contributed by atoms with Gasteiger partial charge >= 0.3 is 0 Å². The van der Waals surface area contributed by atoms with Crippen LogP contribution < -0.4 is 10.1 Å². The van der Waals surface area contributed by atoms with Crippen molar-refractivity contribution in [3.8, 4) is 16.9 Å². The number of piperidine rings is 1. The van der Waals surface area contributed by atoms with E-state index < -0.39 is 0 Å². The number of rotatable bonds is 8. The molecule has 4 heteroatoms. The van der Waals surface area contributed by atoms with E-state index in [1.165, 1.54) is 5.56 Å². The van der Waals surface area contributed by atoms with Crippen LogP contribution in [0.25, 0.3) is 11.1 Å². The Morgan fingerprint density at radius 3 is 2.31 bits per heavy atom. The number of amides is 1. The first-order valence-electron chi connectivity index (χ1n) is 12.8. The summed E-state index contributed by atoms with van der Waals surface area (Å²) in [6, 6.07) is 26.8. The lowest BCUT2D eigenvalue weighted by molar-refractivity contribution is 0.0949. The zero-order chi connectivity index (χ0) is 24.7. The molecule has 0 bridgehead atoms. The van der Waals surface area contributed by atoms with Gasteiger partial charge in [-0.3, -0.25) is 9.69 Å². The molecule has 4 rings (SSSR count). The first-order chi connectivity index (χ1) is 16.9. The molecule has 0 saturated carbocycles. The van der Waals surface area contributed by atoms with E-state index in [4.69, 9.17) is 4.74 Å². The van der Waals surface area contributed by atoms with Gasteiger partial charge < -0.3 is 10.1 Å². The second-order valence-electron chi connectivity index (χ2n) is 10.8. The van der Waals surface area contributed by atoms with E-state index in [0.29, 0.717) is 12.1 Å². The molecule has 0 aromatic heterocycles. The van der Waals surface area contributed by atoms with Crippen molar-refractivity contribution in [2.45, 2.75) is 52.7 Å². The first kappa shape index (κ1) is 25.0. The first-order valence-corrected chi connectivity index (χ1v) is 12.8. The number of hydrogen-bond acceptors (Lipinski definition) is 3. The minimum atomic E-state index is -0.0171. The Hall–Kier alpha value is -3.11. The van der Waals surface area contributed by atoms with Gasteiger partial charge in [0.15, 0.2) is 0 Å². The number of carbonyl (C=O) groups excluding carboxylic acids is 1. The van der Waals surface area contributed by atoms with Crippen LogP contribution in [-0.4, -0.2) is 36.5 Å². The molecule has 35 heavy (non-hydrogen) atoms. The van der Waals surface area contributed by atoms with Crippen molar-refractivity contribution < 1.29 is 9.53 Å². The topological polar surface area (TPSA) is 41.6 Å². The molecule has 0 unspecified atom stereocenters. The summed E-state index contributed by atoms with van der Waals surface area (Å²) in [5.74, 6) is 0.893. The molecule has 184 valence electrons. The number of carbonyl (C=O) groups is 1. The fourth-order valence-corrected chi connectivity index (χ4v) is 4.44. The van der Waals surface area contributed by atoms with Gasteiger partial charge in [0.2, 0.25) is 0 Å². The minimum Gasteiger partial charge on any atom is -0.490 e. The number of benzene rings is 3. The average Bonchev–Trinajstić information content (AvgIpc) is 2.85. The lowest BCUT2D eigenvalue weighted by Gasteiger charge is -2.32. The summed E-state index contributed by atoms with van der Waals surface area (Å²) in [5.41, 5.74) is 4.46. The highest BCUT2D eigenvalue weighted by Crippen LogP contribution is 2.27. The third-order valence-corrected chi connectivity index (χ3v) is 6.56. The van der Waals surface area contributed by atoms with Gasteiger partial charge in [-0.05, 0) is 65.6 Å². The monoisotopic (exact) mass is 470 g/mol. The van der Waals surface area contributed by atoms with Gasteiger partial charge in [-0.15, -0.1) is 0 Å². The summed E-state index contributed by atoms with van der Waals surface area (Å²) in [6.07, 6.45) is 3.28. The number of nitrogens with one attached hydrogen (secondary N) is 1. The Labute approximate surface area is 210 Å². The predicted molar refractivity (Wildman–Crippen MR) is 144 cm³/mol. The van der Waals surface area contributed by atoms with Crippen LogP contribution in [0.1, 0.15) is 56.0 Å². The molecule has 1 fully saturated rings. The molecule has 0 radical (unpaired) electrons.